The molecule has 0 spiro atoms. The molecule has 2 amide bonds. The van der Waals surface area contributed by atoms with E-state index in [9.17, 15) is 14.0 Å². The molecule has 29 heavy (non-hydrogen) atoms. The van der Waals surface area contributed by atoms with Gasteiger partial charge in [-0.1, -0.05) is 36.4 Å². The summed E-state index contributed by atoms with van der Waals surface area (Å²) in [4.78, 5) is 30.6. The summed E-state index contributed by atoms with van der Waals surface area (Å²) in [6, 6.07) is 15.8. The fourth-order valence-corrected chi connectivity index (χ4v) is 3.33. The van der Waals surface area contributed by atoms with E-state index in [0.29, 0.717) is 31.9 Å². The van der Waals surface area contributed by atoms with Crippen molar-refractivity contribution in [2.75, 3.05) is 51.6 Å². The highest BCUT2D eigenvalue weighted by atomic mass is 19.1. The minimum Gasteiger partial charge on any atom is -0.340 e. The molecule has 1 fully saturated rings. The van der Waals surface area contributed by atoms with E-state index in [1.54, 1.807) is 17.0 Å². The molecule has 1 saturated heterocycles. The molecule has 7 heteroatoms. The number of hydrogen-bond donors (Lipinski definition) is 1. The number of nitrogens with one attached hydrogen (secondary N) is 1. The molecular formula is C22H27FN4O2. The second-order valence-electron chi connectivity index (χ2n) is 7.35. The van der Waals surface area contributed by atoms with Crippen molar-refractivity contribution in [1.82, 2.24) is 14.7 Å². The molecule has 0 bridgehead atoms. The van der Waals surface area contributed by atoms with Gasteiger partial charge in [0, 0.05) is 45.5 Å². The first kappa shape index (κ1) is 21.0. The lowest BCUT2D eigenvalue weighted by Crippen LogP contribution is -2.51. The van der Waals surface area contributed by atoms with Gasteiger partial charge in [0.15, 0.2) is 0 Å². The Morgan fingerprint density at radius 3 is 2.28 bits per heavy atom. The van der Waals surface area contributed by atoms with Gasteiger partial charge in [-0.25, -0.2) is 4.39 Å². The van der Waals surface area contributed by atoms with Crippen LogP contribution in [0.25, 0.3) is 0 Å². The maximum Gasteiger partial charge on any atom is 0.238 e. The highest BCUT2D eigenvalue weighted by molar-refractivity contribution is 5.92. The van der Waals surface area contributed by atoms with E-state index in [0.717, 1.165) is 18.7 Å². The maximum absolute atomic E-state index is 13.2. The number of piperazine rings is 1. The molecule has 154 valence electrons. The number of benzene rings is 2. The zero-order valence-electron chi connectivity index (χ0n) is 16.7. The number of carbonyl (C=O) groups excluding carboxylic acids is 2. The van der Waals surface area contributed by atoms with Gasteiger partial charge in [-0.3, -0.25) is 19.4 Å². The molecule has 3 rings (SSSR count). The second-order valence-corrected chi connectivity index (χ2v) is 7.35. The van der Waals surface area contributed by atoms with Crippen LogP contribution in [0.2, 0.25) is 0 Å². The summed E-state index contributed by atoms with van der Waals surface area (Å²) in [5.41, 5.74) is 1.57. The van der Waals surface area contributed by atoms with Gasteiger partial charge in [-0.2, -0.15) is 0 Å². The molecule has 0 saturated carbocycles. The smallest absolute Gasteiger partial charge is 0.238 e. The monoisotopic (exact) mass is 398 g/mol. The Balaban J connectivity index is 1.38. The van der Waals surface area contributed by atoms with Crippen LogP contribution in [0.15, 0.2) is 54.6 Å². The lowest BCUT2D eigenvalue weighted by atomic mass is 10.2. The summed E-state index contributed by atoms with van der Waals surface area (Å²) in [6.45, 7) is 4.13. The summed E-state index contributed by atoms with van der Waals surface area (Å²) < 4.78 is 13.2. The van der Waals surface area contributed by atoms with Crippen LogP contribution in [0, 0.1) is 5.82 Å². The predicted octanol–water partition coefficient (Wildman–Crippen LogP) is 2.04. The predicted molar refractivity (Wildman–Crippen MR) is 111 cm³/mol. The molecule has 0 aliphatic carbocycles. The van der Waals surface area contributed by atoms with Gasteiger partial charge in [-0.15, -0.1) is 0 Å². The minimum absolute atomic E-state index is 0.0890. The van der Waals surface area contributed by atoms with Crippen molar-refractivity contribution in [1.29, 1.82) is 0 Å². The summed E-state index contributed by atoms with van der Waals surface area (Å²) in [5.74, 6) is -0.452. The zero-order valence-corrected chi connectivity index (χ0v) is 16.7. The van der Waals surface area contributed by atoms with E-state index in [1.165, 1.54) is 12.1 Å². The summed E-state index contributed by atoms with van der Waals surface area (Å²) >= 11 is 0. The Morgan fingerprint density at radius 1 is 0.966 bits per heavy atom. The van der Waals surface area contributed by atoms with Crippen LogP contribution >= 0.6 is 0 Å². The number of nitrogens with zero attached hydrogens (tertiary/aromatic N) is 3. The fourth-order valence-electron chi connectivity index (χ4n) is 3.33. The number of halogens is 1. The Bertz CT molecular complexity index is 823. The minimum atomic E-state index is -0.377. The Labute approximate surface area is 170 Å². The number of likely N-dealkylation sites (N-methyl/N-ethyl adjacent to an activating group) is 1. The third-order valence-corrected chi connectivity index (χ3v) is 4.99. The Kier molecular flexibility index (Phi) is 7.32. The first-order chi connectivity index (χ1) is 14.0. The van der Waals surface area contributed by atoms with E-state index in [2.05, 4.69) is 10.2 Å². The lowest BCUT2D eigenvalue weighted by molar-refractivity contribution is -0.132. The molecule has 1 heterocycles. The largest absolute Gasteiger partial charge is 0.340 e. The van der Waals surface area contributed by atoms with E-state index in [1.807, 2.05) is 42.3 Å². The molecule has 1 aliphatic heterocycles. The Hall–Kier alpha value is -2.77. The van der Waals surface area contributed by atoms with Gasteiger partial charge in [0.25, 0.3) is 0 Å². The van der Waals surface area contributed by atoms with E-state index >= 15 is 0 Å². The second kappa shape index (κ2) is 10.1. The van der Waals surface area contributed by atoms with Gasteiger partial charge < -0.3 is 10.2 Å². The average Bonchev–Trinajstić information content (AvgIpc) is 2.70. The van der Waals surface area contributed by atoms with Crippen molar-refractivity contribution >= 4 is 17.5 Å². The topological polar surface area (TPSA) is 55.9 Å². The maximum atomic E-state index is 13.2. The normalized spacial score (nSPS) is 15.1. The number of carbonyl (C=O) groups is 2. The SMILES string of the molecule is CN(Cc1ccccc1)C(=O)CN1CCN(CC(=O)Nc2cccc(F)c2)CC1. The van der Waals surface area contributed by atoms with E-state index in [4.69, 9.17) is 0 Å². The molecule has 0 atom stereocenters. The van der Waals surface area contributed by atoms with Crippen LogP contribution in [0.4, 0.5) is 10.1 Å². The van der Waals surface area contributed by atoms with Gasteiger partial charge >= 0.3 is 0 Å². The molecule has 6 nitrogen and oxygen atoms in total. The number of rotatable bonds is 7. The fraction of sp³-hybridized carbons (Fsp3) is 0.364. The van der Waals surface area contributed by atoms with Crippen LogP contribution in [-0.2, 0) is 16.1 Å². The third kappa shape index (κ3) is 6.66. The van der Waals surface area contributed by atoms with Crippen molar-refractivity contribution in [2.45, 2.75) is 6.54 Å². The van der Waals surface area contributed by atoms with Crippen LogP contribution < -0.4 is 5.32 Å². The molecule has 0 radical (unpaired) electrons. The average molecular weight is 398 g/mol. The highest BCUT2D eigenvalue weighted by Crippen LogP contribution is 2.10. The summed E-state index contributed by atoms with van der Waals surface area (Å²) in [7, 11) is 1.82. The molecule has 1 aliphatic rings. The third-order valence-electron chi connectivity index (χ3n) is 4.99. The number of amides is 2. The van der Waals surface area contributed by atoms with Crippen LogP contribution in [0.1, 0.15) is 5.56 Å². The lowest BCUT2D eigenvalue weighted by Gasteiger charge is -2.34. The van der Waals surface area contributed by atoms with Gasteiger partial charge in [0.1, 0.15) is 5.82 Å². The molecule has 0 aromatic heterocycles. The van der Waals surface area contributed by atoms with Crippen LogP contribution in [-0.4, -0.2) is 72.8 Å². The van der Waals surface area contributed by atoms with Gasteiger partial charge in [-0.05, 0) is 23.8 Å². The first-order valence-electron chi connectivity index (χ1n) is 9.77. The van der Waals surface area contributed by atoms with Crippen molar-refractivity contribution in [3.05, 3.63) is 66.0 Å². The first-order valence-corrected chi connectivity index (χ1v) is 9.77. The van der Waals surface area contributed by atoms with Crippen molar-refractivity contribution in [2.24, 2.45) is 0 Å². The zero-order chi connectivity index (χ0) is 20.6. The van der Waals surface area contributed by atoms with Crippen LogP contribution in [0.3, 0.4) is 0 Å². The Morgan fingerprint density at radius 2 is 1.62 bits per heavy atom. The molecule has 1 N–H and O–H groups in total. The summed E-state index contributed by atoms with van der Waals surface area (Å²) in [6.07, 6.45) is 0. The van der Waals surface area contributed by atoms with Gasteiger partial charge in [0.05, 0.1) is 13.1 Å². The van der Waals surface area contributed by atoms with Crippen molar-refractivity contribution in [3.8, 4) is 0 Å². The molecular weight excluding hydrogens is 371 g/mol. The standard InChI is InChI=1S/C22H27FN4O2/c1-25(15-18-6-3-2-4-7-18)22(29)17-27-12-10-26(11-13-27)16-21(28)24-20-9-5-8-19(23)14-20/h2-9,14H,10-13,15-17H2,1H3,(H,24,28). The van der Waals surface area contributed by atoms with E-state index < -0.39 is 0 Å². The van der Waals surface area contributed by atoms with E-state index in [-0.39, 0.29) is 24.2 Å². The van der Waals surface area contributed by atoms with Crippen LogP contribution in [0.5, 0.6) is 0 Å². The number of anilines is 1. The van der Waals surface area contributed by atoms with Crippen molar-refractivity contribution in [3.63, 3.8) is 0 Å². The molecule has 0 unspecified atom stereocenters. The molecule has 2 aromatic carbocycles. The van der Waals surface area contributed by atoms with Crippen molar-refractivity contribution < 1.29 is 14.0 Å². The highest BCUT2D eigenvalue weighted by Gasteiger charge is 2.22. The quantitative estimate of drug-likeness (QED) is 0.776. The van der Waals surface area contributed by atoms with Gasteiger partial charge in [0.2, 0.25) is 11.8 Å². The summed E-state index contributed by atoms with van der Waals surface area (Å²) in [5, 5.41) is 2.72. The molecule has 2 aromatic rings. The number of hydrogen-bond acceptors (Lipinski definition) is 4.